The number of nitrogens with zero attached hydrogens (tertiary/aromatic N) is 3. The Hall–Kier alpha value is -2.07. The Kier molecular flexibility index (Phi) is 12.7. The lowest BCUT2D eigenvalue weighted by Crippen LogP contribution is -2.60. The van der Waals surface area contributed by atoms with Crippen LogP contribution >= 0.6 is 0 Å². The summed E-state index contributed by atoms with van der Waals surface area (Å²) in [6.45, 7) is 17.0. The van der Waals surface area contributed by atoms with Gasteiger partial charge in [0.25, 0.3) is 6.02 Å². The average molecular weight is 699 g/mol. The molecule has 0 aromatic rings. The minimum absolute atomic E-state index is 0.0225. The molecule has 0 radical (unpaired) electrons. The lowest BCUT2D eigenvalue weighted by molar-refractivity contribution is -0.313. The van der Waals surface area contributed by atoms with Crippen LogP contribution in [0.15, 0.2) is 4.99 Å². The highest BCUT2D eigenvalue weighted by Gasteiger charge is 2.54. The van der Waals surface area contributed by atoms with Crippen LogP contribution in [0.25, 0.3) is 0 Å². The fourth-order valence-electron chi connectivity index (χ4n) is 8.01. The highest BCUT2D eigenvalue weighted by molar-refractivity contribution is 5.86. The molecule has 4 aliphatic rings. The molecule has 2 amide bonds. The minimum atomic E-state index is -1.47. The molecule has 0 aromatic carbocycles. The number of aliphatic imine (C=N–C) groups is 1. The Morgan fingerprint density at radius 1 is 1.04 bits per heavy atom. The van der Waals surface area contributed by atoms with Crippen molar-refractivity contribution < 1.29 is 48.2 Å². The van der Waals surface area contributed by atoms with Crippen molar-refractivity contribution in [3.8, 4) is 0 Å². The lowest BCUT2D eigenvalue weighted by Gasteiger charge is -2.48. The SMILES string of the molecule is CO[C@]1(C)C[C@H](O[C@H]2[C@H](C)[C@@H](O[C@@H]3O[C@H](C)C[C@H]4[C@H]3O/C(=N\C(C)C)N4C)[C@](C)(O)C[C@@H](C)CN(C)C(=O)CNC(=O)[C@@H]2C)O[C@@H](C)[C@@H]1O. The van der Waals surface area contributed by atoms with Gasteiger partial charge in [-0.25, -0.2) is 4.99 Å². The van der Waals surface area contributed by atoms with E-state index < -0.39 is 66.1 Å². The van der Waals surface area contributed by atoms with E-state index in [2.05, 4.69) is 10.3 Å². The van der Waals surface area contributed by atoms with Crippen molar-refractivity contribution in [3.05, 3.63) is 0 Å². The normalized spacial score (nSPS) is 45.3. The molecule has 14 atom stereocenters. The number of carbonyl (C=O) groups is 2. The van der Waals surface area contributed by atoms with E-state index in [1.807, 2.05) is 46.6 Å². The smallest absolute Gasteiger partial charge is 0.288 e. The van der Waals surface area contributed by atoms with E-state index in [1.165, 1.54) is 7.11 Å². The summed E-state index contributed by atoms with van der Waals surface area (Å²) in [6.07, 6.45) is -4.53. The molecule has 0 spiro atoms. The molecule has 4 aliphatic heterocycles. The van der Waals surface area contributed by atoms with Gasteiger partial charge in [0, 0.05) is 46.1 Å². The van der Waals surface area contributed by atoms with E-state index >= 15 is 0 Å². The number of carbonyl (C=O) groups excluding carboxylic acids is 2. The number of amidine groups is 1. The summed E-state index contributed by atoms with van der Waals surface area (Å²) in [5.74, 6) is -2.17. The first kappa shape index (κ1) is 39.7. The van der Waals surface area contributed by atoms with E-state index in [1.54, 1.807) is 39.6 Å². The zero-order valence-electron chi connectivity index (χ0n) is 31.5. The number of hydrogen-bond donors (Lipinski definition) is 3. The Balaban J connectivity index is 1.75. The molecule has 0 aromatic heterocycles. The third-order valence-electron chi connectivity index (χ3n) is 10.8. The van der Waals surface area contributed by atoms with Crippen molar-refractivity contribution in [1.82, 2.24) is 15.1 Å². The van der Waals surface area contributed by atoms with Gasteiger partial charge in [0.1, 0.15) is 6.10 Å². The standard InChI is InChI=1S/C35H62N4O10/c1-18(2)37-33-39(11)24-13-20(4)45-32(28(24)48-33)49-30-21(5)27(47-26-15-35(9,44-12)29(41)23(7)46-26)22(6)31(42)36-16-25(40)38(10)17-19(3)14-34(30,8)43/h18-24,26-30,32,41,43H,13-17H2,1-12H3,(H,36,42)/b37-33-/t19-,20-,21+,22-,23+,24+,26+,27+,28-,29+,30-,32+,34-,35-/m1/s1. The van der Waals surface area contributed by atoms with Gasteiger partial charge >= 0.3 is 0 Å². The van der Waals surface area contributed by atoms with Crippen LogP contribution < -0.4 is 5.32 Å². The zero-order valence-corrected chi connectivity index (χ0v) is 31.5. The molecule has 49 heavy (non-hydrogen) atoms. The predicted octanol–water partition coefficient (Wildman–Crippen LogP) is 1.89. The summed E-state index contributed by atoms with van der Waals surface area (Å²) in [5.41, 5.74) is -2.43. The molecule has 0 saturated carbocycles. The number of methoxy groups -OCH3 is 1. The molecule has 14 heteroatoms. The fourth-order valence-corrected chi connectivity index (χ4v) is 8.01. The van der Waals surface area contributed by atoms with Crippen LogP contribution in [0.4, 0.5) is 0 Å². The second kappa shape index (κ2) is 15.7. The first-order valence-electron chi connectivity index (χ1n) is 17.8. The number of hydrogen-bond acceptors (Lipinski definition) is 11. The van der Waals surface area contributed by atoms with Gasteiger partial charge in [-0.15, -0.1) is 0 Å². The van der Waals surface area contributed by atoms with Crippen molar-refractivity contribution in [2.45, 2.75) is 154 Å². The lowest BCUT2D eigenvalue weighted by atomic mass is 9.77. The molecule has 4 fully saturated rings. The molecule has 3 N–H and O–H groups in total. The zero-order chi connectivity index (χ0) is 36.6. The molecule has 4 heterocycles. The Morgan fingerprint density at radius 3 is 2.35 bits per heavy atom. The van der Waals surface area contributed by atoms with Crippen LogP contribution in [0, 0.1) is 17.8 Å². The quantitative estimate of drug-likeness (QED) is 0.372. The van der Waals surface area contributed by atoms with Gasteiger partial charge in [0.2, 0.25) is 11.8 Å². The van der Waals surface area contributed by atoms with Crippen LogP contribution in [0.1, 0.15) is 81.6 Å². The van der Waals surface area contributed by atoms with E-state index in [0.29, 0.717) is 19.0 Å². The van der Waals surface area contributed by atoms with Crippen LogP contribution in [-0.4, -0.2) is 145 Å². The van der Waals surface area contributed by atoms with Crippen molar-refractivity contribution in [2.75, 3.05) is 34.3 Å². The van der Waals surface area contributed by atoms with Gasteiger partial charge in [-0.3, -0.25) is 9.59 Å². The molecule has 0 bridgehead atoms. The number of amides is 2. The van der Waals surface area contributed by atoms with Crippen LogP contribution in [0.3, 0.4) is 0 Å². The number of aliphatic hydroxyl groups is 2. The summed E-state index contributed by atoms with van der Waals surface area (Å²) in [4.78, 5) is 35.0. The van der Waals surface area contributed by atoms with Crippen LogP contribution in [0.2, 0.25) is 0 Å². The second-order valence-corrected chi connectivity index (χ2v) is 15.7. The Bertz CT molecular complexity index is 1190. The third kappa shape index (κ3) is 8.88. The number of ether oxygens (including phenoxy) is 6. The number of fused-ring (bicyclic) bond motifs is 1. The van der Waals surface area contributed by atoms with Crippen LogP contribution in [0.5, 0.6) is 0 Å². The maximum atomic E-state index is 13.7. The van der Waals surface area contributed by atoms with Gasteiger partial charge in [0.15, 0.2) is 18.7 Å². The van der Waals surface area contributed by atoms with Gasteiger partial charge < -0.3 is 53.8 Å². The average Bonchev–Trinajstić information content (AvgIpc) is 3.31. The van der Waals surface area contributed by atoms with Crippen molar-refractivity contribution >= 4 is 17.8 Å². The largest absolute Gasteiger partial charge is 0.454 e. The Labute approximate surface area is 292 Å². The molecule has 4 rings (SSSR count). The molecule has 282 valence electrons. The predicted molar refractivity (Wildman–Crippen MR) is 181 cm³/mol. The highest BCUT2D eigenvalue weighted by atomic mass is 16.7. The van der Waals surface area contributed by atoms with Crippen LogP contribution in [-0.2, 0) is 38.0 Å². The maximum Gasteiger partial charge on any atom is 0.288 e. The summed E-state index contributed by atoms with van der Waals surface area (Å²) in [6, 6.07) is 0.479. The van der Waals surface area contributed by atoms with E-state index in [4.69, 9.17) is 28.4 Å². The number of nitrogens with one attached hydrogen (secondary N) is 1. The van der Waals surface area contributed by atoms with Gasteiger partial charge in [-0.2, -0.15) is 0 Å². The topological polar surface area (TPSA) is 161 Å². The molecule has 0 aliphatic carbocycles. The molecular weight excluding hydrogens is 636 g/mol. The minimum Gasteiger partial charge on any atom is -0.454 e. The summed E-state index contributed by atoms with van der Waals surface area (Å²) < 4.78 is 38.2. The number of likely N-dealkylation sites (N-methyl/N-ethyl adjacent to an activating group) is 2. The number of rotatable bonds is 6. The van der Waals surface area contributed by atoms with Crippen molar-refractivity contribution in [1.29, 1.82) is 0 Å². The first-order chi connectivity index (χ1) is 22.8. The molecule has 4 saturated heterocycles. The first-order valence-corrected chi connectivity index (χ1v) is 17.8. The van der Waals surface area contributed by atoms with Gasteiger partial charge in [-0.05, 0) is 60.3 Å². The summed E-state index contributed by atoms with van der Waals surface area (Å²) in [7, 11) is 5.18. The monoisotopic (exact) mass is 698 g/mol. The van der Waals surface area contributed by atoms with Crippen molar-refractivity contribution in [2.24, 2.45) is 22.7 Å². The van der Waals surface area contributed by atoms with Gasteiger partial charge in [-0.1, -0.05) is 20.8 Å². The summed E-state index contributed by atoms with van der Waals surface area (Å²) in [5, 5.41) is 26.1. The van der Waals surface area contributed by atoms with Gasteiger partial charge in [0.05, 0.1) is 54.1 Å². The molecular formula is C35H62N4O10. The second-order valence-electron chi connectivity index (χ2n) is 15.7. The molecule has 0 unspecified atom stereocenters. The maximum absolute atomic E-state index is 13.7. The third-order valence-corrected chi connectivity index (χ3v) is 10.8. The van der Waals surface area contributed by atoms with E-state index in [9.17, 15) is 19.8 Å². The highest BCUT2D eigenvalue weighted by Crippen LogP contribution is 2.40. The van der Waals surface area contributed by atoms with E-state index in [0.717, 1.165) is 0 Å². The molecule has 14 nitrogen and oxygen atoms in total. The van der Waals surface area contributed by atoms with Crippen molar-refractivity contribution in [3.63, 3.8) is 0 Å². The Morgan fingerprint density at radius 2 is 1.71 bits per heavy atom. The number of aliphatic hydroxyl groups excluding tert-OH is 1. The van der Waals surface area contributed by atoms with E-state index in [-0.39, 0.29) is 55.3 Å². The summed E-state index contributed by atoms with van der Waals surface area (Å²) >= 11 is 0. The fraction of sp³-hybridized carbons (Fsp3) is 0.914.